The summed E-state index contributed by atoms with van der Waals surface area (Å²) in [5, 5.41) is 0. The molecule has 3 rings (SSSR count). The van der Waals surface area contributed by atoms with Crippen molar-refractivity contribution in [2.24, 2.45) is 0 Å². The average Bonchev–Trinajstić information content (AvgIpc) is 2.86. The summed E-state index contributed by atoms with van der Waals surface area (Å²) in [6, 6.07) is 18.6. The van der Waals surface area contributed by atoms with Gasteiger partial charge in [-0.3, -0.25) is 0 Å². The van der Waals surface area contributed by atoms with Gasteiger partial charge in [-0.25, -0.2) is 13.6 Å². The summed E-state index contributed by atoms with van der Waals surface area (Å²) in [5.74, 6) is 4.57. The van der Waals surface area contributed by atoms with Crippen molar-refractivity contribution in [2.75, 3.05) is 18.6 Å². The SMILES string of the molecule is CCCCCCN(Cc1ccc(C#Cc2ccc(F)cc2)cc1)c1ccc(F)c(C(=O)OC)c1. The molecule has 0 aliphatic carbocycles. The highest BCUT2D eigenvalue weighted by Crippen LogP contribution is 2.23. The number of ether oxygens (including phenoxy) is 1. The van der Waals surface area contributed by atoms with Crippen LogP contribution >= 0.6 is 0 Å². The standard InChI is InChI=1S/C29H29F2NO2/c1-3-4-5-6-19-32(26-17-18-28(31)27(20-26)29(33)34-2)21-24-11-9-22(10-12-24)7-8-23-13-15-25(30)16-14-23/h9-18,20H,3-6,19,21H2,1-2H3. The number of unbranched alkanes of at least 4 members (excludes halogenated alkanes) is 3. The Hall–Kier alpha value is -3.65. The molecular weight excluding hydrogens is 432 g/mol. The predicted octanol–water partition coefficient (Wildman–Crippen LogP) is 6.74. The second kappa shape index (κ2) is 12.6. The number of hydrogen-bond acceptors (Lipinski definition) is 3. The maximum atomic E-state index is 14.2. The first kappa shape index (κ1) is 25.0. The highest BCUT2D eigenvalue weighted by molar-refractivity contribution is 5.90. The van der Waals surface area contributed by atoms with E-state index in [9.17, 15) is 13.6 Å². The second-order valence-corrected chi connectivity index (χ2v) is 8.09. The molecule has 0 radical (unpaired) electrons. The molecule has 176 valence electrons. The molecule has 0 saturated heterocycles. The van der Waals surface area contributed by atoms with Gasteiger partial charge in [0.05, 0.1) is 12.7 Å². The van der Waals surface area contributed by atoms with Gasteiger partial charge in [0.25, 0.3) is 0 Å². The van der Waals surface area contributed by atoms with E-state index in [2.05, 4.69) is 23.7 Å². The summed E-state index contributed by atoms with van der Waals surface area (Å²) in [6.45, 7) is 3.57. The highest BCUT2D eigenvalue weighted by atomic mass is 19.1. The van der Waals surface area contributed by atoms with Crippen molar-refractivity contribution in [1.82, 2.24) is 0 Å². The molecule has 3 nitrogen and oxygen atoms in total. The number of hydrogen-bond donors (Lipinski definition) is 0. The first-order chi connectivity index (χ1) is 16.5. The van der Waals surface area contributed by atoms with Crippen molar-refractivity contribution in [3.8, 4) is 11.8 Å². The quantitative estimate of drug-likeness (QED) is 0.201. The zero-order chi connectivity index (χ0) is 24.3. The van der Waals surface area contributed by atoms with Gasteiger partial charge in [0.15, 0.2) is 0 Å². The minimum Gasteiger partial charge on any atom is -0.465 e. The molecule has 0 N–H and O–H groups in total. The summed E-state index contributed by atoms with van der Waals surface area (Å²) in [5.41, 5.74) is 3.40. The number of carbonyl (C=O) groups is 1. The van der Waals surface area contributed by atoms with Gasteiger partial charge in [0.2, 0.25) is 0 Å². The minimum absolute atomic E-state index is 0.0648. The molecule has 0 heterocycles. The minimum atomic E-state index is -0.686. The number of anilines is 1. The van der Waals surface area contributed by atoms with Crippen LogP contribution in [-0.4, -0.2) is 19.6 Å². The third-order valence-corrected chi connectivity index (χ3v) is 5.52. The Bertz CT molecular complexity index is 1150. The van der Waals surface area contributed by atoms with Crippen LogP contribution in [0.15, 0.2) is 66.7 Å². The third-order valence-electron chi connectivity index (χ3n) is 5.52. The topological polar surface area (TPSA) is 29.5 Å². The number of methoxy groups -OCH3 is 1. The molecule has 0 aliphatic rings. The maximum absolute atomic E-state index is 14.2. The Kier molecular flexibility index (Phi) is 9.22. The molecule has 0 aromatic heterocycles. The Labute approximate surface area is 200 Å². The monoisotopic (exact) mass is 461 g/mol. The summed E-state index contributed by atoms with van der Waals surface area (Å²) in [6.07, 6.45) is 4.41. The molecule has 0 atom stereocenters. The van der Waals surface area contributed by atoms with Crippen molar-refractivity contribution in [3.05, 3.63) is 101 Å². The molecule has 0 aliphatic heterocycles. The first-order valence-corrected chi connectivity index (χ1v) is 11.5. The molecule has 0 bridgehead atoms. The van der Waals surface area contributed by atoms with Gasteiger partial charge in [-0.15, -0.1) is 0 Å². The van der Waals surface area contributed by atoms with E-state index in [1.54, 1.807) is 24.3 Å². The number of rotatable bonds is 9. The fourth-order valence-electron chi connectivity index (χ4n) is 3.60. The van der Waals surface area contributed by atoms with Gasteiger partial charge in [0, 0.05) is 29.9 Å². The molecule has 0 saturated carbocycles. The van der Waals surface area contributed by atoms with Gasteiger partial charge >= 0.3 is 5.97 Å². The number of benzene rings is 3. The van der Waals surface area contributed by atoms with Crippen molar-refractivity contribution < 1.29 is 18.3 Å². The van der Waals surface area contributed by atoms with Crippen LogP contribution in [0.25, 0.3) is 0 Å². The summed E-state index contributed by atoms with van der Waals surface area (Å²) < 4.78 is 31.9. The number of nitrogens with zero attached hydrogens (tertiary/aromatic N) is 1. The van der Waals surface area contributed by atoms with Gasteiger partial charge in [-0.05, 0) is 66.6 Å². The Morgan fingerprint density at radius 3 is 2.15 bits per heavy atom. The van der Waals surface area contributed by atoms with E-state index in [4.69, 9.17) is 4.74 Å². The molecule has 0 spiro atoms. The van der Waals surface area contributed by atoms with E-state index < -0.39 is 11.8 Å². The summed E-state index contributed by atoms with van der Waals surface area (Å²) in [4.78, 5) is 14.1. The lowest BCUT2D eigenvalue weighted by molar-refractivity contribution is 0.0595. The number of halogens is 2. The number of esters is 1. The smallest absolute Gasteiger partial charge is 0.340 e. The number of carbonyl (C=O) groups excluding carboxylic acids is 1. The van der Waals surface area contributed by atoms with E-state index in [1.165, 1.54) is 25.3 Å². The zero-order valence-corrected chi connectivity index (χ0v) is 19.6. The van der Waals surface area contributed by atoms with Crippen LogP contribution in [0.3, 0.4) is 0 Å². The van der Waals surface area contributed by atoms with Crippen LogP contribution in [-0.2, 0) is 11.3 Å². The Balaban J connectivity index is 1.77. The van der Waals surface area contributed by atoms with Crippen LogP contribution in [0, 0.1) is 23.5 Å². The van der Waals surface area contributed by atoms with Crippen LogP contribution in [0.5, 0.6) is 0 Å². The van der Waals surface area contributed by atoms with Crippen molar-refractivity contribution in [2.45, 2.75) is 39.2 Å². The van der Waals surface area contributed by atoms with Gasteiger partial charge in [0.1, 0.15) is 11.6 Å². The van der Waals surface area contributed by atoms with Crippen LogP contribution in [0.2, 0.25) is 0 Å². The van der Waals surface area contributed by atoms with Crippen molar-refractivity contribution in [1.29, 1.82) is 0 Å². The lowest BCUT2D eigenvalue weighted by atomic mass is 10.1. The predicted molar refractivity (Wildman–Crippen MR) is 132 cm³/mol. The van der Waals surface area contributed by atoms with Crippen molar-refractivity contribution >= 4 is 11.7 Å². The largest absolute Gasteiger partial charge is 0.465 e. The van der Waals surface area contributed by atoms with E-state index >= 15 is 0 Å². The fourth-order valence-corrected chi connectivity index (χ4v) is 3.60. The highest BCUT2D eigenvalue weighted by Gasteiger charge is 2.16. The average molecular weight is 462 g/mol. The normalized spacial score (nSPS) is 10.4. The van der Waals surface area contributed by atoms with E-state index in [1.807, 2.05) is 24.3 Å². The Morgan fingerprint density at radius 2 is 1.53 bits per heavy atom. The third kappa shape index (κ3) is 7.18. The summed E-state index contributed by atoms with van der Waals surface area (Å²) in [7, 11) is 1.25. The Morgan fingerprint density at radius 1 is 0.882 bits per heavy atom. The van der Waals surface area contributed by atoms with Crippen LogP contribution < -0.4 is 4.90 Å². The first-order valence-electron chi connectivity index (χ1n) is 11.5. The lowest BCUT2D eigenvalue weighted by Crippen LogP contribution is -2.24. The molecule has 5 heteroatoms. The van der Waals surface area contributed by atoms with E-state index in [-0.39, 0.29) is 11.4 Å². The molecule has 0 fully saturated rings. The fraction of sp³-hybridized carbons (Fsp3) is 0.276. The molecule has 0 unspecified atom stereocenters. The van der Waals surface area contributed by atoms with Crippen LogP contribution in [0.4, 0.5) is 14.5 Å². The van der Waals surface area contributed by atoms with E-state index in [0.717, 1.165) is 54.6 Å². The molecule has 34 heavy (non-hydrogen) atoms. The summed E-state index contributed by atoms with van der Waals surface area (Å²) >= 11 is 0. The molecule has 3 aromatic carbocycles. The molecule has 0 amide bonds. The second-order valence-electron chi connectivity index (χ2n) is 8.09. The van der Waals surface area contributed by atoms with Crippen molar-refractivity contribution in [3.63, 3.8) is 0 Å². The molecule has 3 aromatic rings. The zero-order valence-electron chi connectivity index (χ0n) is 19.6. The molecular formula is C29H29F2NO2. The van der Waals surface area contributed by atoms with Gasteiger partial charge in [-0.1, -0.05) is 50.2 Å². The van der Waals surface area contributed by atoms with Gasteiger partial charge in [-0.2, -0.15) is 0 Å². The lowest BCUT2D eigenvalue weighted by Gasteiger charge is -2.26. The van der Waals surface area contributed by atoms with E-state index in [0.29, 0.717) is 6.54 Å². The van der Waals surface area contributed by atoms with Crippen LogP contribution in [0.1, 0.15) is 59.7 Å². The van der Waals surface area contributed by atoms with Gasteiger partial charge < -0.3 is 9.64 Å². The maximum Gasteiger partial charge on any atom is 0.340 e.